The number of hydrogen-bond donors (Lipinski definition) is 2. The molecule has 0 spiro atoms. The van der Waals surface area contributed by atoms with Crippen molar-refractivity contribution in [1.29, 1.82) is 0 Å². The summed E-state index contributed by atoms with van der Waals surface area (Å²) in [5, 5.41) is 27.9. The number of aromatic nitrogens is 3. The molecule has 0 radical (unpaired) electrons. The summed E-state index contributed by atoms with van der Waals surface area (Å²) >= 11 is 7.05. The topological polar surface area (TPSA) is 80.4 Å². The van der Waals surface area contributed by atoms with Crippen LogP contribution in [0.15, 0.2) is 52.5 Å². The van der Waals surface area contributed by atoms with Gasteiger partial charge in [-0.1, -0.05) is 93.8 Å². The number of ether oxygens (including phenoxy) is 1. The molecule has 2 rings (SSSR count). The summed E-state index contributed by atoms with van der Waals surface area (Å²) in [5.74, 6) is 0. The molecule has 6 nitrogen and oxygen atoms in total. The third-order valence-corrected chi connectivity index (χ3v) is 6.34. The van der Waals surface area contributed by atoms with Crippen molar-refractivity contribution in [1.82, 2.24) is 15.0 Å². The second kappa shape index (κ2) is 13.5. The Hall–Kier alpha value is -1.32. The maximum absolute atomic E-state index is 9.89. The van der Waals surface area contributed by atoms with Crippen LogP contribution in [0.1, 0.15) is 47.0 Å². The monoisotopic (exact) mass is 583 g/mol. The van der Waals surface area contributed by atoms with Crippen molar-refractivity contribution in [3.05, 3.63) is 52.5 Å². The number of halogens is 2. The molecule has 33 heavy (non-hydrogen) atoms. The maximum Gasteiger partial charge on any atom is 0.113 e. The van der Waals surface area contributed by atoms with Crippen molar-refractivity contribution in [2.45, 2.75) is 57.9 Å². The lowest BCUT2D eigenvalue weighted by Gasteiger charge is -2.28. The van der Waals surface area contributed by atoms with Crippen molar-refractivity contribution in [2.75, 3.05) is 19.8 Å². The summed E-state index contributed by atoms with van der Waals surface area (Å²) < 4.78 is 8.43. The van der Waals surface area contributed by atoms with Crippen LogP contribution in [0, 0.1) is 5.41 Å². The second-order valence-electron chi connectivity index (χ2n) is 8.73. The lowest BCUT2D eigenvalue weighted by molar-refractivity contribution is 0.0482. The lowest BCUT2D eigenvalue weighted by Crippen LogP contribution is -2.18. The highest BCUT2D eigenvalue weighted by molar-refractivity contribution is 9.11. The third-order valence-electron chi connectivity index (χ3n) is 5.50. The van der Waals surface area contributed by atoms with E-state index >= 15 is 0 Å². The van der Waals surface area contributed by atoms with Gasteiger partial charge in [-0.25, -0.2) is 4.68 Å². The van der Waals surface area contributed by atoms with Gasteiger partial charge in [-0.2, -0.15) is 0 Å². The molecule has 0 bridgehead atoms. The van der Waals surface area contributed by atoms with E-state index in [9.17, 15) is 10.2 Å². The van der Waals surface area contributed by atoms with Crippen molar-refractivity contribution < 1.29 is 14.9 Å². The van der Waals surface area contributed by atoms with Gasteiger partial charge >= 0.3 is 0 Å². The van der Waals surface area contributed by atoms with Crippen LogP contribution in [0.3, 0.4) is 0 Å². The molecular weight excluding hydrogens is 550 g/mol. The van der Waals surface area contributed by atoms with E-state index in [1.165, 1.54) is 5.57 Å². The van der Waals surface area contributed by atoms with E-state index in [4.69, 9.17) is 4.74 Å². The summed E-state index contributed by atoms with van der Waals surface area (Å²) in [6.45, 7) is 9.04. The minimum atomic E-state index is -0.484. The van der Waals surface area contributed by atoms with E-state index < -0.39 is 6.10 Å². The van der Waals surface area contributed by atoms with Crippen molar-refractivity contribution in [3.8, 4) is 0 Å². The second-order valence-corrected chi connectivity index (χ2v) is 11.2. The fraction of sp³-hybridized carbons (Fsp3) is 0.520. The highest BCUT2D eigenvalue weighted by Gasteiger charge is 2.23. The number of allylic oxidation sites excluding steroid dienone is 4. The van der Waals surface area contributed by atoms with Crippen LogP contribution in [0.5, 0.6) is 0 Å². The highest BCUT2D eigenvalue weighted by atomic mass is 79.9. The molecule has 0 amide bonds. The first kappa shape index (κ1) is 27.9. The third kappa shape index (κ3) is 8.76. The molecule has 0 aliphatic heterocycles. The first-order valence-electron chi connectivity index (χ1n) is 11.2. The van der Waals surface area contributed by atoms with Crippen LogP contribution < -0.4 is 0 Å². The van der Waals surface area contributed by atoms with Gasteiger partial charge < -0.3 is 14.9 Å². The number of aliphatic hydroxyl groups excluding tert-OH is 2. The van der Waals surface area contributed by atoms with Crippen molar-refractivity contribution >= 4 is 48.6 Å². The molecule has 1 aromatic carbocycles. The molecule has 2 atom stereocenters. The largest absolute Gasteiger partial charge is 0.391 e. The van der Waals surface area contributed by atoms with Crippen LogP contribution in [0.2, 0.25) is 0 Å². The molecule has 1 heterocycles. The van der Waals surface area contributed by atoms with Crippen LogP contribution in [-0.4, -0.2) is 56.0 Å². The number of rotatable bonds is 13. The number of fused-ring (bicyclic) bond motifs is 1. The molecule has 0 fully saturated rings. The molecule has 8 heteroatoms. The van der Waals surface area contributed by atoms with Gasteiger partial charge in [0.25, 0.3) is 0 Å². The number of hydrogen-bond acceptors (Lipinski definition) is 5. The molecule has 182 valence electrons. The molecule has 0 aliphatic carbocycles. The van der Waals surface area contributed by atoms with Crippen LogP contribution in [0.25, 0.3) is 16.7 Å². The zero-order valence-electron chi connectivity index (χ0n) is 19.8. The van der Waals surface area contributed by atoms with E-state index in [0.717, 1.165) is 34.1 Å². The number of benzene rings is 1. The molecule has 0 saturated heterocycles. The van der Waals surface area contributed by atoms with Crippen LogP contribution in [-0.2, 0) is 4.74 Å². The van der Waals surface area contributed by atoms with E-state index in [1.54, 1.807) is 0 Å². The van der Waals surface area contributed by atoms with E-state index in [0.29, 0.717) is 13.0 Å². The average molecular weight is 585 g/mol. The van der Waals surface area contributed by atoms with Crippen molar-refractivity contribution in [3.63, 3.8) is 0 Å². The van der Waals surface area contributed by atoms with E-state index in [2.05, 4.69) is 75.1 Å². The Bertz CT molecular complexity index is 980. The number of para-hydroxylation sites is 1. The van der Waals surface area contributed by atoms with Crippen LogP contribution >= 0.6 is 31.9 Å². The van der Waals surface area contributed by atoms with Crippen LogP contribution in [0.4, 0.5) is 0 Å². The van der Waals surface area contributed by atoms with Gasteiger partial charge in [0.15, 0.2) is 0 Å². The van der Waals surface area contributed by atoms with Crippen molar-refractivity contribution in [2.24, 2.45) is 5.41 Å². The van der Waals surface area contributed by atoms with E-state index in [-0.39, 0.29) is 23.5 Å². The number of aliphatic hydroxyl groups is 2. The Morgan fingerprint density at radius 1 is 1.27 bits per heavy atom. The Morgan fingerprint density at radius 3 is 2.67 bits per heavy atom. The quantitative estimate of drug-likeness (QED) is 0.228. The molecule has 0 aliphatic rings. The zero-order valence-corrected chi connectivity index (χ0v) is 23.0. The molecule has 2 aromatic rings. The molecule has 2 N–H and O–H groups in total. The molecular formula is C25H35Br2N3O3. The summed E-state index contributed by atoms with van der Waals surface area (Å²) in [6, 6.07) is 7.84. The molecule has 0 saturated carbocycles. The predicted octanol–water partition coefficient (Wildman–Crippen LogP) is 5.85. The summed E-state index contributed by atoms with van der Waals surface area (Å²) in [5.41, 5.74) is 3.74. The lowest BCUT2D eigenvalue weighted by atomic mass is 9.78. The van der Waals surface area contributed by atoms with Gasteiger partial charge in [0, 0.05) is 9.31 Å². The van der Waals surface area contributed by atoms with Gasteiger partial charge in [-0.05, 0) is 43.7 Å². The SMILES string of the molecule is CCC(O)COC/C(=C\CC(C)(C)/C(=C/C(C)Br)C/C=C(/Br)CO)n1nnc2ccccc21. The van der Waals surface area contributed by atoms with Gasteiger partial charge in [0.05, 0.1) is 37.1 Å². The Morgan fingerprint density at radius 2 is 2.00 bits per heavy atom. The average Bonchev–Trinajstić information content (AvgIpc) is 3.22. The summed E-state index contributed by atoms with van der Waals surface area (Å²) in [7, 11) is 0. The van der Waals surface area contributed by atoms with E-state index in [1.807, 2.05) is 41.9 Å². The smallest absolute Gasteiger partial charge is 0.113 e. The van der Waals surface area contributed by atoms with Gasteiger partial charge in [0.1, 0.15) is 5.52 Å². The minimum Gasteiger partial charge on any atom is -0.391 e. The first-order chi connectivity index (χ1) is 15.7. The normalized spacial score (nSPS) is 15.8. The minimum absolute atomic E-state index is 0.0120. The fourth-order valence-electron chi connectivity index (χ4n) is 3.34. The summed E-state index contributed by atoms with van der Waals surface area (Å²) in [6.07, 6.45) is 8.03. The Labute approximate surface area is 213 Å². The molecule has 1 aromatic heterocycles. The standard InChI is InChI=1S/C25H35Br2N3O3/c1-5-22(32)17-33-16-21(30-24-9-7-6-8-23(24)28-29-30)12-13-25(3,4)19(14-18(2)26)10-11-20(27)15-31/h6-9,11-12,14,18,22,31-32H,5,10,13,15-17H2,1-4H3/b19-14+,20-11+,21-12+. The predicted molar refractivity (Wildman–Crippen MR) is 143 cm³/mol. The Balaban J connectivity index is 2.34. The zero-order chi connectivity index (χ0) is 24.4. The van der Waals surface area contributed by atoms with Gasteiger partial charge in [0.2, 0.25) is 0 Å². The fourth-order valence-corrected chi connectivity index (χ4v) is 3.82. The summed E-state index contributed by atoms with van der Waals surface area (Å²) in [4.78, 5) is 0.231. The first-order valence-corrected chi connectivity index (χ1v) is 12.9. The highest BCUT2D eigenvalue weighted by Crippen LogP contribution is 2.35. The maximum atomic E-state index is 9.89. The number of alkyl halides is 1. The molecule has 2 unspecified atom stereocenters. The number of nitrogens with zero attached hydrogens (tertiary/aromatic N) is 3. The Kier molecular flexibility index (Phi) is 11.5. The van der Waals surface area contributed by atoms with Gasteiger partial charge in [-0.15, -0.1) is 5.10 Å². The van der Waals surface area contributed by atoms with Gasteiger partial charge in [-0.3, -0.25) is 0 Å².